The maximum absolute atomic E-state index is 10.7. The van der Waals surface area contributed by atoms with Crippen LogP contribution in [0.5, 0.6) is 0 Å². The molecule has 0 fully saturated rings. The number of aromatic nitrogens is 16. The van der Waals surface area contributed by atoms with Crippen LogP contribution in [0, 0.1) is 0 Å². The Hall–Kier alpha value is -10.7. The van der Waals surface area contributed by atoms with Crippen molar-refractivity contribution < 1.29 is 140 Å². The average molecular weight is 2110 g/mol. The molecule has 118 heavy (non-hydrogen) atoms. The predicted molar refractivity (Wildman–Crippen MR) is 403 cm³/mol. The second-order valence-corrected chi connectivity index (χ2v) is 31.9. The molecule has 0 saturated heterocycles. The van der Waals surface area contributed by atoms with Crippen LogP contribution in [0.3, 0.4) is 0 Å². The van der Waals surface area contributed by atoms with E-state index >= 15 is 0 Å². The fourth-order valence-corrected chi connectivity index (χ4v) is 10.4. The van der Waals surface area contributed by atoms with Crippen LogP contribution >= 0.6 is 31.2 Å². The molecule has 0 bridgehead atoms. The summed E-state index contributed by atoms with van der Waals surface area (Å²) in [5.74, 6) is 3.41. The van der Waals surface area contributed by atoms with E-state index in [1.165, 1.54) is 0 Å². The Bertz CT molecular complexity index is 5380. The number of halogens is 24. The largest absolute Gasteiger partial charge is 2.00 e. The third kappa shape index (κ3) is 33.3. The molecule has 16 nitrogen and oxygen atoms in total. The summed E-state index contributed by atoms with van der Waals surface area (Å²) in [5.41, 5.74) is 18.6. The molecule has 0 aliphatic heterocycles. The van der Waals surface area contributed by atoms with E-state index in [1.54, 1.807) is 24.8 Å². The monoisotopic (exact) mass is 2110 g/mol. The van der Waals surface area contributed by atoms with Crippen LogP contribution in [0.2, 0.25) is 0 Å². The van der Waals surface area contributed by atoms with Gasteiger partial charge in [0.2, 0.25) is 0 Å². The SMILES string of the molecule is Cn1c(-c2cccc(-c3nc4ccccc4n3C)n2)nc2ccccc21.Cn1c(-c2cccc(-c3nc4ccccc4n3C)n2)nc2ccccc21.F[P-](F)(F)(F)(F)F.F[P-](F)(F)(F)(F)F.F[P-](F)(F)(F)(F)F.F[P-](F)(F)(F)(F)F.[Os+2].[Os+2].c1ccc(-c2cccc(-c3ccccn3)n2)nc1.c1ccc(-c2cccc(-c3ccccn3)n2)nc1. The van der Waals surface area contributed by atoms with Gasteiger partial charge >= 0.3 is 172 Å². The molecule has 0 aliphatic rings. The van der Waals surface area contributed by atoms with Crippen molar-refractivity contribution in [3.05, 3.63) is 267 Å². The van der Waals surface area contributed by atoms with Crippen LogP contribution in [-0.4, -0.2) is 78.1 Å². The van der Waals surface area contributed by atoms with Gasteiger partial charge in [0.15, 0.2) is 23.3 Å². The van der Waals surface area contributed by atoms with Crippen LogP contribution < -0.4 is 0 Å². The first kappa shape index (κ1) is 94.4. The summed E-state index contributed by atoms with van der Waals surface area (Å²) in [7, 11) is -34.5. The molecule has 16 aromatic rings. The summed E-state index contributed by atoms with van der Waals surface area (Å²) >= 11 is 0. The standard InChI is InChI=1S/2C21H17N5.2C15H11N3.4F6P.2Os/c2*1-25-18-12-5-3-8-14(18)23-20(25)16-10-7-11-17(22-16)21-24-15-9-4-6-13-19(15)26(21)2;2*1-3-10-16-12(6-1)14-8-5-9-15(18-14)13-7-2-4-11-17-13;4*1-7(2,3,4,5)6;;/h2*3-13H,1-2H3;2*1-11H;;;;;;/q;;;;4*-1;2*+2. The van der Waals surface area contributed by atoms with Gasteiger partial charge in [-0.05, 0) is 146 Å². The number of pyridine rings is 8. The van der Waals surface area contributed by atoms with Gasteiger partial charge in [-0.15, -0.1) is 0 Å². The predicted octanol–water partition coefficient (Wildman–Crippen LogP) is 28.3. The number of aryl methyl sites for hydroxylation is 4. The number of benzene rings is 4. The third-order valence-electron chi connectivity index (χ3n) is 14.8. The quantitative estimate of drug-likeness (QED) is 0.104. The van der Waals surface area contributed by atoms with E-state index < -0.39 is 31.2 Å². The van der Waals surface area contributed by atoms with Gasteiger partial charge in [0, 0.05) is 53.0 Å². The Labute approximate surface area is 677 Å². The van der Waals surface area contributed by atoms with Gasteiger partial charge in [-0.3, -0.25) is 19.9 Å². The van der Waals surface area contributed by atoms with E-state index in [4.69, 9.17) is 29.9 Å². The number of fused-ring (bicyclic) bond motifs is 4. The molecule has 0 unspecified atom stereocenters. The topological polar surface area (TPSA) is 174 Å². The molecule has 12 heterocycles. The molecule has 12 aromatic heterocycles. The van der Waals surface area contributed by atoms with Gasteiger partial charge in [-0.2, -0.15) is 0 Å². The van der Waals surface area contributed by atoms with E-state index in [0.717, 1.165) is 136 Å². The molecular formula is C72H56F24N16Os2P4. The average Bonchev–Trinajstić information content (AvgIpc) is 1.63. The Morgan fingerprint density at radius 2 is 0.322 bits per heavy atom. The summed E-state index contributed by atoms with van der Waals surface area (Å²) in [5, 5.41) is 0. The van der Waals surface area contributed by atoms with Crippen molar-refractivity contribution in [2.45, 2.75) is 0 Å². The Balaban J connectivity index is 0.000000197. The molecule has 0 spiro atoms. The van der Waals surface area contributed by atoms with Crippen molar-refractivity contribution in [2.75, 3.05) is 0 Å². The number of nitrogens with zero attached hydrogens (tertiary/aromatic N) is 16. The zero-order chi connectivity index (χ0) is 85.4. The molecule has 4 aromatic carbocycles. The second-order valence-electron chi connectivity index (χ2n) is 24.3. The van der Waals surface area contributed by atoms with Gasteiger partial charge in [0.25, 0.3) is 0 Å². The van der Waals surface area contributed by atoms with Crippen LogP contribution in [0.4, 0.5) is 101 Å². The van der Waals surface area contributed by atoms with Gasteiger partial charge in [-0.25, -0.2) is 39.9 Å². The van der Waals surface area contributed by atoms with Crippen molar-refractivity contribution in [2.24, 2.45) is 28.2 Å². The molecule has 0 N–H and O–H groups in total. The van der Waals surface area contributed by atoms with E-state index in [-0.39, 0.29) is 39.6 Å². The fourth-order valence-electron chi connectivity index (χ4n) is 10.4. The van der Waals surface area contributed by atoms with Crippen LogP contribution in [0.15, 0.2) is 267 Å². The van der Waals surface area contributed by atoms with Gasteiger partial charge in [0.1, 0.15) is 22.8 Å². The molecule has 0 atom stereocenters. The molecule has 0 radical (unpaired) electrons. The van der Waals surface area contributed by atoms with E-state index in [2.05, 4.69) is 72.4 Å². The minimum absolute atomic E-state index is 0. The molecule has 0 saturated carbocycles. The molecule has 0 amide bonds. The summed E-state index contributed by atoms with van der Waals surface area (Å²) in [6.45, 7) is 0. The molecule has 0 aliphatic carbocycles. The normalized spacial score (nSPS) is 13.7. The molecule has 46 heteroatoms. The fraction of sp³-hybridized carbons (Fsp3) is 0.0556. The van der Waals surface area contributed by atoms with Crippen LogP contribution in [0.25, 0.3) is 136 Å². The number of para-hydroxylation sites is 8. The van der Waals surface area contributed by atoms with Gasteiger partial charge < -0.3 is 18.3 Å². The maximum atomic E-state index is 9.87. The number of hydrogen-bond donors (Lipinski definition) is 0. The Morgan fingerprint density at radius 1 is 0.178 bits per heavy atom. The molecule has 628 valence electrons. The van der Waals surface area contributed by atoms with Gasteiger partial charge in [0.05, 0.1) is 89.7 Å². The third-order valence-corrected chi connectivity index (χ3v) is 14.8. The summed E-state index contributed by atoms with van der Waals surface area (Å²) in [6, 6.07) is 79.4. The van der Waals surface area contributed by atoms with Crippen LogP contribution in [-0.2, 0) is 67.8 Å². The zero-order valence-corrected chi connectivity index (χ0v) is 68.8. The van der Waals surface area contributed by atoms with E-state index in [1.807, 2.05) is 247 Å². The summed E-state index contributed by atoms with van der Waals surface area (Å²) in [4.78, 5) is 55.1. The van der Waals surface area contributed by atoms with Crippen molar-refractivity contribution >= 4 is 75.4 Å². The van der Waals surface area contributed by atoms with E-state index in [9.17, 15) is 101 Å². The minimum Gasteiger partial charge on any atom is -0.255 e. The maximum Gasteiger partial charge on any atom is 2.00 e. The van der Waals surface area contributed by atoms with Crippen molar-refractivity contribution in [1.82, 2.24) is 78.1 Å². The number of rotatable bonds is 8. The van der Waals surface area contributed by atoms with Crippen molar-refractivity contribution in [1.29, 1.82) is 0 Å². The zero-order valence-electron chi connectivity index (χ0n) is 60.1. The van der Waals surface area contributed by atoms with Crippen molar-refractivity contribution in [3.63, 3.8) is 0 Å². The van der Waals surface area contributed by atoms with E-state index in [0.29, 0.717) is 0 Å². The Morgan fingerprint density at radius 3 is 0.483 bits per heavy atom. The molecular weight excluding hydrogens is 2050 g/mol. The van der Waals surface area contributed by atoms with Crippen LogP contribution in [0.1, 0.15) is 0 Å². The van der Waals surface area contributed by atoms with Gasteiger partial charge in [-0.1, -0.05) is 97.1 Å². The first-order valence-corrected chi connectivity index (χ1v) is 40.7. The minimum atomic E-state index is -10.7. The summed E-state index contributed by atoms with van der Waals surface area (Å²) in [6.07, 6.45) is 7.07. The first-order chi connectivity index (χ1) is 53.1. The number of hydrogen-bond acceptors (Lipinski definition) is 12. The molecule has 16 rings (SSSR count). The smallest absolute Gasteiger partial charge is 0.255 e. The summed E-state index contributed by atoms with van der Waals surface area (Å²) < 4.78 is 245. The Kier molecular flexibility index (Phi) is 26.3. The second kappa shape index (κ2) is 32.9. The first-order valence-electron chi connectivity index (χ1n) is 32.6. The van der Waals surface area contributed by atoms with Crippen molar-refractivity contribution in [3.8, 4) is 91.6 Å². The number of imidazole rings is 4.